The summed E-state index contributed by atoms with van der Waals surface area (Å²) in [5.41, 5.74) is 8.84. The highest BCUT2D eigenvalue weighted by Crippen LogP contribution is 2.33. The van der Waals surface area contributed by atoms with Gasteiger partial charge in [-0.25, -0.2) is 0 Å². The lowest BCUT2D eigenvalue weighted by Gasteiger charge is -2.12. The third-order valence-electron chi connectivity index (χ3n) is 2.91. The second-order valence-corrected chi connectivity index (χ2v) is 4.76. The van der Waals surface area contributed by atoms with E-state index in [0.29, 0.717) is 12.0 Å². The first-order valence-electron chi connectivity index (χ1n) is 4.70. The molecule has 0 spiro atoms. The summed E-state index contributed by atoms with van der Waals surface area (Å²) in [6.45, 7) is 2.10. The Balaban J connectivity index is 2.30. The van der Waals surface area contributed by atoms with Gasteiger partial charge < -0.3 is 5.73 Å². The molecule has 0 radical (unpaired) electrons. The fourth-order valence-electron chi connectivity index (χ4n) is 2.01. The molecule has 1 aliphatic rings. The van der Waals surface area contributed by atoms with Crippen molar-refractivity contribution in [1.29, 1.82) is 0 Å². The average molecular weight is 240 g/mol. The van der Waals surface area contributed by atoms with Crippen molar-refractivity contribution < 1.29 is 0 Å². The Bertz CT molecular complexity index is 320. The molecule has 1 aromatic rings. The van der Waals surface area contributed by atoms with Gasteiger partial charge >= 0.3 is 0 Å². The molecule has 0 amide bonds. The van der Waals surface area contributed by atoms with Gasteiger partial charge in [0, 0.05) is 10.5 Å². The van der Waals surface area contributed by atoms with Gasteiger partial charge in [-0.1, -0.05) is 28.1 Å². The summed E-state index contributed by atoms with van der Waals surface area (Å²) >= 11 is 3.58. The van der Waals surface area contributed by atoms with Crippen molar-refractivity contribution in [2.75, 3.05) is 0 Å². The molecule has 2 rings (SSSR count). The van der Waals surface area contributed by atoms with Crippen LogP contribution in [-0.2, 0) is 12.8 Å². The van der Waals surface area contributed by atoms with Crippen LogP contribution in [0.3, 0.4) is 0 Å². The number of halogens is 1. The molecular weight excluding hydrogens is 226 g/mol. The Labute approximate surface area is 87.5 Å². The molecule has 0 bridgehead atoms. The minimum atomic E-state index is 0.305. The molecule has 2 heteroatoms. The Morgan fingerprint density at radius 2 is 2.23 bits per heavy atom. The smallest absolute Gasteiger partial charge is 0.0210 e. The van der Waals surface area contributed by atoms with E-state index < -0.39 is 0 Å². The van der Waals surface area contributed by atoms with Crippen LogP contribution in [0.5, 0.6) is 0 Å². The molecule has 2 unspecified atom stereocenters. The van der Waals surface area contributed by atoms with E-state index in [2.05, 4.69) is 41.1 Å². The largest absolute Gasteiger partial charge is 0.328 e. The van der Waals surface area contributed by atoms with Gasteiger partial charge in [0.2, 0.25) is 0 Å². The van der Waals surface area contributed by atoms with Gasteiger partial charge in [0.15, 0.2) is 0 Å². The topological polar surface area (TPSA) is 26.0 Å². The van der Waals surface area contributed by atoms with Gasteiger partial charge in [-0.3, -0.25) is 0 Å². The van der Waals surface area contributed by atoms with E-state index in [-0.39, 0.29) is 0 Å². The van der Waals surface area contributed by atoms with Crippen molar-refractivity contribution in [1.82, 2.24) is 0 Å². The summed E-state index contributed by atoms with van der Waals surface area (Å²) in [4.78, 5) is 0. The average Bonchev–Trinajstić information content (AvgIpc) is 2.49. The minimum Gasteiger partial charge on any atom is -0.328 e. The highest BCUT2D eigenvalue weighted by atomic mass is 79.9. The highest BCUT2D eigenvalue weighted by Gasteiger charge is 2.25. The van der Waals surface area contributed by atoms with Gasteiger partial charge in [-0.15, -0.1) is 0 Å². The number of nitrogens with two attached hydrogens (primary N) is 1. The standard InChI is InChI=1S/C11H14BrN/c1-7(13)9-5-8-3-2-4-11(12)10(8)6-9/h2-4,7,9H,5-6,13H2,1H3. The maximum atomic E-state index is 5.91. The Hall–Kier alpha value is -0.340. The van der Waals surface area contributed by atoms with Gasteiger partial charge in [-0.05, 0) is 42.9 Å². The second-order valence-electron chi connectivity index (χ2n) is 3.90. The SMILES string of the molecule is CC(N)C1Cc2cccc(Br)c2C1. The van der Waals surface area contributed by atoms with E-state index in [1.165, 1.54) is 15.6 Å². The van der Waals surface area contributed by atoms with Crippen molar-refractivity contribution in [3.63, 3.8) is 0 Å². The van der Waals surface area contributed by atoms with Crippen molar-refractivity contribution in [3.05, 3.63) is 33.8 Å². The summed E-state index contributed by atoms with van der Waals surface area (Å²) < 4.78 is 1.24. The summed E-state index contributed by atoms with van der Waals surface area (Å²) in [6, 6.07) is 6.73. The van der Waals surface area contributed by atoms with E-state index in [4.69, 9.17) is 5.73 Å². The maximum Gasteiger partial charge on any atom is 0.0210 e. The number of fused-ring (bicyclic) bond motifs is 1. The molecule has 0 heterocycles. The van der Waals surface area contributed by atoms with Crippen LogP contribution < -0.4 is 5.73 Å². The van der Waals surface area contributed by atoms with Crippen LogP contribution in [0.1, 0.15) is 18.1 Å². The third kappa shape index (κ3) is 1.65. The van der Waals surface area contributed by atoms with E-state index in [9.17, 15) is 0 Å². The number of rotatable bonds is 1. The minimum absolute atomic E-state index is 0.305. The molecule has 0 saturated carbocycles. The summed E-state index contributed by atoms with van der Waals surface area (Å²) in [5, 5.41) is 0. The first-order chi connectivity index (χ1) is 6.18. The first kappa shape index (κ1) is 9.22. The number of hydrogen-bond donors (Lipinski definition) is 1. The van der Waals surface area contributed by atoms with E-state index in [0.717, 1.165) is 12.8 Å². The third-order valence-corrected chi connectivity index (χ3v) is 3.65. The van der Waals surface area contributed by atoms with Crippen molar-refractivity contribution in [2.24, 2.45) is 11.7 Å². The Morgan fingerprint density at radius 1 is 1.46 bits per heavy atom. The van der Waals surface area contributed by atoms with E-state index in [1.807, 2.05) is 0 Å². The second kappa shape index (κ2) is 3.43. The molecule has 2 atom stereocenters. The predicted molar refractivity (Wildman–Crippen MR) is 58.7 cm³/mol. The van der Waals surface area contributed by atoms with Crippen LogP contribution >= 0.6 is 15.9 Å². The lowest BCUT2D eigenvalue weighted by Crippen LogP contribution is -2.26. The molecule has 2 N–H and O–H groups in total. The maximum absolute atomic E-state index is 5.91. The lowest BCUT2D eigenvalue weighted by atomic mass is 9.99. The Kier molecular flexibility index (Phi) is 2.43. The van der Waals surface area contributed by atoms with E-state index in [1.54, 1.807) is 0 Å². The highest BCUT2D eigenvalue weighted by molar-refractivity contribution is 9.10. The van der Waals surface area contributed by atoms with Gasteiger partial charge in [0.1, 0.15) is 0 Å². The number of benzene rings is 1. The van der Waals surface area contributed by atoms with Crippen LogP contribution in [-0.4, -0.2) is 6.04 Å². The molecule has 0 fully saturated rings. The fourth-order valence-corrected chi connectivity index (χ4v) is 2.58. The molecule has 0 aliphatic heterocycles. The van der Waals surface area contributed by atoms with Crippen LogP contribution in [0.25, 0.3) is 0 Å². The van der Waals surface area contributed by atoms with Crippen LogP contribution in [0, 0.1) is 5.92 Å². The zero-order valence-electron chi connectivity index (χ0n) is 7.76. The summed E-state index contributed by atoms with van der Waals surface area (Å²) in [7, 11) is 0. The monoisotopic (exact) mass is 239 g/mol. The molecule has 1 nitrogen and oxygen atoms in total. The quantitative estimate of drug-likeness (QED) is 0.801. The molecule has 1 aliphatic carbocycles. The normalized spacial score (nSPS) is 22.8. The molecule has 70 valence electrons. The van der Waals surface area contributed by atoms with Crippen molar-refractivity contribution >= 4 is 15.9 Å². The molecular formula is C11H14BrN. The van der Waals surface area contributed by atoms with Gasteiger partial charge in [0.05, 0.1) is 0 Å². The zero-order chi connectivity index (χ0) is 9.42. The van der Waals surface area contributed by atoms with Gasteiger partial charge in [0.25, 0.3) is 0 Å². The summed E-state index contributed by atoms with van der Waals surface area (Å²) in [5.74, 6) is 0.633. The Morgan fingerprint density at radius 3 is 2.85 bits per heavy atom. The number of hydrogen-bond acceptors (Lipinski definition) is 1. The van der Waals surface area contributed by atoms with Crippen LogP contribution in [0.4, 0.5) is 0 Å². The molecule has 0 aromatic heterocycles. The van der Waals surface area contributed by atoms with Crippen LogP contribution in [0.2, 0.25) is 0 Å². The van der Waals surface area contributed by atoms with Gasteiger partial charge in [-0.2, -0.15) is 0 Å². The lowest BCUT2D eigenvalue weighted by molar-refractivity contribution is 0.467. The van der Waals surface area contributed by atoms with Crippen molar-refractivity contribution in [3.8, 4) is 0 Å². The summed E-state index contributed by atoms with van der Waals surface area (Å²) in [6.07, 6.45) is 2.28. The molecule has 0 saturated heterocycles. The molecule has 1 aromatic carbocycles. The van der Waals surface area contributed by atoms with Crippen molar-refractivity contribution in [2.45, 2.75) is 25.8 Å². The van der Waals surface area contributed by atoms with Crippen LogP contribution in [0.15, 0.2) is 22.7 Å². The predicted octanol–water partition coefficient (Wildman–Crippen LogP) is 2.51. The fraction of sp³-hybridized carbons (Fsp3) is 0.455. The molecule has 13 heavy (non-hydrogen) atoms. The first-order valence-corrected chi connectivity index (χ1v) is 5.49. The van der Waals surface area contributed by atoms with E-state index >= 15 is 0 Å². The zero-order valence-corrected chi connectivity index (χ0v) is 9.34.